The van der Waals surface area contributed by atoms with Gasteiger partial charge in [-0.1, -0.05) is 24.3 Å². The average molecular weight is 346 g/mol. The first kappa shape index (κ1) is 18.1. The van der Waals surface area contributed by atoms with E-state index in [1.54, 1.807) is 13.1 Å². The minimum absolute atomic E-state index is 0.182. The van der Waals surface area contributed by atoms with Crippen LogP contribution in [0, 0.1) is 0 Å². The second kappa shape index (κ2) is 9.14. The van der Waals surface area contributed by atoms with Crippen molar-refractivity contribution in [3.63, 3.8) is 0 Å². The number of aromatic nitrogens is 1. The van der Waals surface area contributed by atoms with Crippen molar-refractivity contribution in [1.82, 2.24) is 9.88 Å². The standard InChI is InChI=1S/C17H22N4O2S/c1-4-23-16(22)9-15-12-24-17(19-15)20-18-10-13-7-5-6-8-14(13)11-21(2)3/h5-8,10,12H,4,9,11H2,1-3H3,(H,19,20). The van der Waals surface area contributed by atoms with Gasteiger partial charge in [0.15, 0.2) is 0 Å². The quantitative estimate of drug-likeness (QED) is 0.452. The summed E-state index contributed by atoms with van der Waals surface area (Å²) in [6.45, 7) is 3.02. The Morgan fingerprint density at radius 3 is 2.96 bits per heavy atom. The van der Waals surface area contributed by atoms with Gasteiger partial charge < -0.3 is 9.64 Å². The first-order valence-electron chi connectivity index (χ1n) is 7.70. The Hall–Kier alpha value is -2.25. The summed E-state index contributed by atoms with van der Waals surface area (Å²) in [5.41, 5.74) is 5.86. The zero-order valence-corrected chi connectivity index (χ0v) is 15.0. The van der Waals surface area contributed by atoms with Gasteiger partial charge in [0.2, 0.25) is 5.13 Å². The van der Waals surface area contributed by atoms with Crippen molar-refractivity contribution in [2.75, 3.05) is 26.1 Å². The second-order valence-corrected chi connectivity index (χ2v) is 6.29. The Balaban J connectivity index is 1.95. The predicted octanol–water partition coefficient (Wildman–Crippen LogP) is 2.76. The van der Waals surface area contributed by atoms with E-state index in [4.69, 9.17) is 4.74 Å². The van der Waals surface area contributed by atoms with Crippen LogP contribution in [-0.4, -0.2) is 42.8 Å². The van der Waals surface area contributed by atoms with Gasteiger partial charge in [-0.3, -0.25) is 10.2 Å². The van der Waals surface area contributed by atoms with Crippen molar-refractivity contribution in [2.24, 2.45) is 5.10 Å². The van der Waals surface area contributed by atoms with E-state index in [0.717, 1.165) is 12.1 Å². The molecular formula is C17H22N4O2S. The minimum atomic E-state index is -0.268. The number of rotatable bonds is 8. The highest BCUT2D eigenvalue weighted by atomic mass is 32.1. The molecule has 0 unspecified atom stereocenters. The number of nitrogens with one attached hydrogen (secondary N) is 1. The van der Waals surface area contributed by atoms with E-state index >= 15 is 0 Å². The molecule has 24 heavy (non-hydrogen) atoms. The minimum Gasteiger partial charge on any atom is -0.466 e. The summed E-state index contributed by atoms with van der Waals surface area (Å²) in [6.07, 6.45) is 1.96. The van der Waals surface area contributed by atoms with Crippen LogP contribution in [0.3, 0.4) is 0 Å². The Kier molecular flexibility index (Phi) is 6.89. The number of hydrazone groups is 1. The molecule has 1 heterocycles. The van der Waals surface area contributed by atoms with E-state index in [0.29, 0.717) is 17.4 Å². The zero-order chi connectivity index (χ0) is 17.4. The van der Waals surface area contributed by atoms with Gasteiger partial charge in [-0.15, -0.1) is 11.3 Å². The molecule has 0 amide bonds. The molecular weight excluding hydrogens is 324 g/mol. The molecule has 0 saturated carbocycles. The fourth-order valence-corrected chi connectivity index (χ4v) is 2.76. The molecule has 0 bridgehead atoms. The van der Waals surface area contributed by atoms with Gasteiger partial charge in [0.25, 0.3) is 0 Å². The van der Waals surface area contributed by atoms with Crippen molar-refractivity contribution >= 4 is 28.7 Å². The number of hydrogen-bond donors (Lipinski definition) is 1. The molecule has 6 nitrogen and oxygen atoms in total. The number of carbonyl (C=O) groups is 1. The third kappa shape index (κ3) is 5.75. The number of benzene rings is 1. The monoisotopic (exact) mass is 346 g/mol. The number of ether oxygens (including phenoxy) is 1. The zero-order valence-electron chi connectivity index (χ0n) is 14.2. The van der Waals surface area contributed by atoms with Crippen LogP contribution in [0.4, 0.5) is 5.13 Å². The second-order valence-electron chi connectivity index (χ2n) is 5.43. The molecule has 1 N–H and O–H groups in total. The van der Waals surface area contributed by atoms with Gasteiger partial charge >= 0.3 is 5.97 Å². The van der Waals surface area contributed by atoms with Gasteiger partial charge in [-0.2, -0.15) is 5.10 Å². The molecule has 0 atom stereocenters. The van der Waals surface area contributed by atoms with Gasteiger partial charge in [-0.05, 0) is 32.1 Å². The SMILES string of the molecule is CCOC(=O)Cc1csc(NN=Cc2ccccc2CN(C)C)n1. The Bertz CT molecular complexity index is 697. The highest BCUT2D eigenvalue weighted by Gasteiger charge is 2.08. The highest BCUT2D eigenvalue weighted by molar-refractivity contribution is 7.13. The third-order valence-electron chi connectivity index (χ3n) is 3.09. The Morgan fingerprint density at radius 1 is 1.42 bits per heavy atom. The summed E-state index contributed by atoms with van der Waals surface area (Å²) in [5, 5.41) is 6.72. The topological polar surface area (TPSA) is 66.8 Å². The van der Waals surface area contributed by atoms with Gasteiger partial charge in [-0.25, -0.2) is 4.98 Å². The summed E-state index contributed by atoms with van der Waals surface area (Å²) in [5.74, 6) is -0.268. The fourth-order valence-electron chi connectivity index (χ4n) is 2.10. The summed E-state index contributed by atoms with van der Waals surface area (Å²) >= 11 is 1.41. The van der Waals surface area contributed by atoms with Crippen LogP contribution in [0.15, 0.2) is 34.7 Å². The van der Waals surface area contributed by atoms with Crippen LogP contribution in [0.5, 0.6) is 0 Å². The van der Waals surface area contributed by atoms with Gasteiger partial charge in [0.05, 0.1) is 24.9 Å². The molecule has 0 aliphatic carbocycles. The van der Waals surface area contributed by atoms with Crippen molar-refractivity contribution < 1.29 is 9.53 Å². The van der Waals surface area contributed by atoms with Crippen LogP contribution < -0.4 is 5.43 Å². The maximum absolute atomic E-state index is 11.4. The van der Waals surface area contributed by atoms with Crippen LogP contribution in [0.2, 0.25) is 0 Å². The summed E-state index contributed by atoms with van der Waals surface area (Å²) in [6, 6.07) is 8.12. The largest absolute Gasteiger partial charge is 0.466 e. The van der Waals surface area contributed by atoms with E-state index in [2.05, 4.69) is 26.5 Å². The molecule has 1 aromatic heterocycles. The number of thiazole rings is 1. The third-order valence-corrected chi connectivity index (χ3v) is 3.88. The van der Waals surface area contributed by atoms with Crippen molar-refractivity contribution in [3.8, 4) is 0 Å². The first-order valence-corrected chi connectivity index (χ1v) is 8.58. The smallest absolute Gasteiger partial charge is 0.311 e. The molecule has 0 aliphatic heterocycles. The molecule has 0 fully saturated rings. The van der Waals surface area contributed by atoms with E-state index < -0.39 is 0 Å². The lowest BCUT2D eigenvalue weighted by molar-refractivity contribution is -0.142. The Morgan fingerprint density at radius 2 is 2.21 bits per heavy atom. The predicted molar refractivity (Wildman–Crippen MR) is 97.5 cm³/mol. The lowest BCUT2D eigenvalue weighted by Gasteiger charge is -2.11. The fraction of sp³-hybridized carbons (Fsp3) is 0.353. The van der Waals surface area contributed by atoms with Crippen molar-refractivity contribution in [1.29, 1.82) is 0 Å². The molecule has 0 spiro atoms. The maximum atomic E-state index is 11.4. The maximum Gasteiger partial charge on any atom is 0.311 e. The van der Waals surface area contributed by atoms with Crippen LogP contribution >= 0.6 is 11.3 Å². The summed E-state index contributed by atoms with van der Waals surface area (Å²) in [7, 11) is 4.07. The van der Waals surface area contributed by atoms with Crippen LogP contribution in [-0.2, 0) is 22.5 Å². The van der Waals surface area contributed by atoms with Crippen molar-refractivity contribution in [3.05, 3.63) is 46.5 Å². The molecule has 0 saturated heterocycles. The first-order chi connectivity index (χ1) is 11.6. The summed E-state index contributed by atoms with van der Waals surface area (Å²) < 4.78 is 4.91. The number of anilines is 1. The average Bonchev–Trinajstić information content (AvgIpc) is 2.96. The van der Waals surface area contributed by atoms with Crippen LogP contribution in [0.1, 0.15) is 23.7 Å². The molecule has 0 aliphatic rings. The van der Waals surface area contributed by atoms with E-state index in [9.17, 15) is 4.79 Å². The van der Waals surface area contributed by atoms with Crippen molar-refractivity contribution in [2.45, 2.75) is 19.9 Å². The van der Waals surface area contributed by atoms with Crippen LogP contribution in [0.25, 0.3) is 0 Å². The Labute approximate surface area is 146 Å². The number of esters is 1. The molecule has 1 aromatic carbocycles. The summed E-state index contributed by atoms with van der Waals surface area (Å²) in [4.78, 5) is 17.9. The number of hydrogen-bond acceptors (Lipinski definition) is 7. The van der Waals surface area contributed by atoms with E-state index in [1.165, 1.54) is 16.9 Å². The molecule has 128 valence electrons. The van der Waals surface area contributed by atoms with Gasteiger partial charge in [0, 0.05) is 11.9 Å². The molecule has 0 radical (unpaired) electrons. The molecule has 2 aromatic rings. The normalized spacial score (nSPS) is 11.2. The lowest BCUT2D eigenvalue weighted by atomic mass is 10.1. The molecule has 7 heteroatoms. The number of nitrogens with zero attached hydrogens (tertiary/aromatic N) is 3. The molecule has 2 rings (SSSR count). The number of carbonyl (C=O) groups excluding carboxylic acids is 1. The highest BCUT2D eigenvalue weighted by Crippen LogP contribution is 2.16. The lowest BCUT2D eigenvalue weighted by Crippen LogP contribution is -2.12. The van der Waals surface area contributed by atoms with E-state index in [1.807, 2.05) is 37.7 Å². The van der Waals surface area contributed by atoms with Gasteiger partial charge in [0.1, 0.15) is 0 Å². The van der Waals surface area contributed by atoms with E-state index in [-0.39, 0.29) is 12.4 Å².